The molecule has 1 aromatic rings. The number of thiocarbonyl (C=S) groups is 1. The van der Waals surface area contributed by atoms with Gasteiger partial charge < -0.3 is 9.47 Å². The second kappa shape index (κ2) is 4.32. The van der Waals surface area contributed by atoms with Crippen LogP contribution in [0.5, 0.6) is 5.75 Å². The van der Waals surface area contributed by atoms with E-state index in [-0.39, 0.29) is 16.8 Å². The van der Waals surface area contributed by atoms with Gasteiger partial charge in [0.1, 0.15) is 5.75 Å². The number of hydrogen-bond acceptors (Lipinski definition) is 4. The second-order valence-electron chi connectivity index (χ2n) is 3.13. The number of amides is 1. The highest BCUT2D eigenvalue weighted by atomic mass is 32.1. The van der Waals surface area contributed by atoms with Gasteiger partial charge >= 0.3 is 0 Å². The van der Waals surface area contributed by atoms with E-state index in [0.29, 0.717) is 0 Å². The third kappa shape index (κ3) is 2.20. The highest BCUT2D eigenvalue weighted by molar-refractivity contribution is 7.80. The van der Waals surface area contributed by atoms with Crippen LogP contribution in [0.4, 0.5) is 0 Å². The summed E-state index contributed by atoms with van der Waals surface area (Å²) in [5.74, 6) is 0.644. The number of benzene rings is 1. The highest BCUT2D eigenvalue weighted by Gasteiger charge is 2.22. The van der Waals surface area contributed by atoms with Crippen molar-refractivity contribution in [3.05, 3.63) is 35.6 Å². The number of nitrogens with one attached hydrogen (secondary N) is 1. The predicted octanol–water partition coefficient (Wildman–Crippen LogP) is 1.47. The van der Waals surface area contributed by atoms with Gasteiger partial charge in [0, 0.05) is 0 Å². The van der Waals surface area contributed by atoms with E-state index in [0.717, 1.165) is 11.3 Å². The van der Waals surface area contributed by atoms with Crippen LogP contribution in [0.1, 0.15) is 5.56 Å². The number of rotatable bonds is 2. The standard InChI is InChI=1S/C11H9NO3S/c1-14-8-4-2-7(3-5-8)6-9-10(13)12-11(16)15-9/h2-6H,1H3,(H,12,13,16)/b9-6-. The van der Waals surface area contributed by atoms with Crippen molar-refractivity contribution >= 4 is 29.4 Å². The summed E-state index contributed by atoms with van der Waals surface area (Å²) in [5.41, 5.74) is 0.843. The molecule has 1 saturated heterocycles. The van der Waals surface area contributed by atoms with Gasteiger partial charge in [0.2, 0.25) is 0 Å². The molecule has 16 heavy (non-hydrogen) atoms. The first-order chi connectivity index (χ1) is 7.69. The van der Waals surface area contributed by atoms with Gasteiger partial charge in [-0.15, -0.1) is 0 Å². The van der Waals surface area contributed by atoms with Gasteiger partial charge in [-0.05, 0) is 36.0 Å². The molecule has 1 fully saturated rings. The van der Waals surface area contributed by atoms with E-state index in [4.69, 9.17) is 21.7 Å². The zero-order chi connectivity index (χ0) is 11.5. The van der Waals surface area contributed by atoms with Crippen molar-refractivity contribution < 1.29 is 14.3 Å². The Balaban J connectivity index is 2.22. The van der Waals surface area contributed by atoms with Crippen LogP contribution in [0.25, 0.3) is 6.08 Å². The van der Waals surface area contributed by atoms with Gasteiger partial charge in [-0.2, -0.15) is 0 Å². The SMILES string of the molecule is COc1ccc(/C=C2\OC(=S)NC2=O)cc1. The first kappa shape index (κ1) is 10.6. The zero-order valence-corrected chi connectivity index (χ0v) is 9.34. The quantitative estimate of drug-likeness (QED) is 0.623. The molecule has 0 aromatic heterocycles. The molecular weight excluding hydrogens is 226 g/mol. The molecule has 1 N–H and O–H groups in total. The lowest BCUT2D eigenvalue weighted by molar-refractivity contribution is -0.116. The Bertz CT molecular complexity index is 465. The maximum atomic E-state index is 11.3. The van der Waals surface area contributed by atoms with E-state index in [1.165, 1.54) is 0 Å². The van der Waals surface area contributed by atoms with Crippen LogP contribution in [0, 0.1) is 0 Å². The molecule has 0 saturated carbocycles. The molecule has 0 aliphatic carbocycles. The predicted molar refractivity (Wildman–Crippen MR) is 62.8 cm³/mol. The number of ether oxygens (including phenoxy) is 2. The van der Waals surface area contributed by atoms with Crippen LogP contribution in [0.3, 0.4) is 0 Å². The molecule has 1 aromatic carbocycles. The van der Waals surface area contributed by atoms with Gasteiger partial charge in [-0.1, -0.05) is 12.1 Å². The minimum absolute atomic E-state index is 0.0877. The first-order valence-corrected chi connectivity index (χ1v) is 4.99. The summed E-state index contributed by atoms with van der Waals surface area (Å²) >= 11 is 4.71. The Morgan fingerprint density at radius 3 is 2.56 bits per heavy atom. The summed E-state index contributed by atoms with van der Waals surface area (Å²) in [6.45, 7) is 0. The summed E-state index contributed by atoms with van der Waals surface area (Å²) < 4.78 is 10.1. The lowest BCUT2D eigenvalue weighted by Crippen LogP contribution is -2.18. The number of carbonyl (C=O) groups excluding carboxylic acids is 1. The van der Waals surface area contributed by atoms with Crippen molar-refractivity contribution in [2.75, 3.05) is 7.11 Å². The maximum absolute atomic E-state index is 11.3. The monoisotopic (exact) mass is 235 g/mol. The normalized spacial score (nSPS) is 17.2. The van der Waals surface area contributed by atoms with Crippen LogP contribution in [-0.2, 0) is 9.53 Å². The Hall–Kier alpha value is -1.88. The molecule has 82 valence electrons. The molecule has 0 unspecified atom stereocenters. The lowest BCUT2D eigenvalue weighted by Gasteiger charge is -1.99. The highest BCUT2D eigenvalue weighted by Crippen LogP contribution is 2.16. The lowest BCUT2D eigenvalue weighted by atomic mass is 10.2. The van der Waals surface area contributed by atoms with Crippen LogP contribution >= 0.6 is 12.2 Å². The van der Waals surface area contributed by atoms with E-state index in [2.05, 4.69) is 5.32 Å². The Kier molecular flexibility index (Phi) is 2.87. The molecule has 0 radical (unpaired) electrons. The first-order valence-electron chi connectivity index (χ1n) is 4.58. The fourth-order valence-electron chi connectivity index (χ4n) is 1.27. The van der Waals surface area contributed by atoms with Crippen molar-refractivity contribution in [3.63, 3.8) is 0 Å². The van der Waals surface area contributed by atoms with Crippen molar-refractivity contribution in [2.24, 2.45) is 0 Å². The molecule has 1 heterocycles. The Labute approximate surface area is 97.9 Å². The Morgan fingerprint density at radius 2 is 2.06 bits per heavy atom. The third-order valence-electron chi connectivity index (χ3n) is 2.06. The van der Waals surface area contributed by atoms with E-state index >= 15 is 0 Å². The van der Waals surface area contributed by atoms with Gasteiger partial charge in [0.05, 0.1) is 7.11 Å². The molecule has 5 heteroatoms. The molecule has 0 atom stereocenters. The largest absolute Gasteiger partial charge is 0.497 e. The van der Waals surface area contributed by atoms with Crippen LogP contribution in [-0.4, -0.2) is 18.2 Å². The van der Waals surface area contributed by atoms with Gasteiger partial charge in [0.25, 0.3) is 11.1 Å². The number of hydrogen-bond donors (Lipinski definition) is 1. The van der Waals surface area contributed by atoms with Crippen LogP contribution in [0.15, 0.2) is 30.0 Å². The summed E-state index contributed by atoms with van der Waals surface area (Å²) in [6, 6.07) is 7.25. The van der Waals surface area contributed by atoms with Crippen molar-refractivity contribution in [2.45, 2.75) is 0 Å². The fourth-order valence-corrected chi connectivity index (χ4v) is 1.46. The van der Waals surface area contributed by atoms with Gasteiger partial charge in [-0.25, -0.2) is 0 Å². The van der Waals surface area contributed by atoms with Crippen LogP contribution < -0.4 is 10.1 Å². The van der Waals surface area contributed by atoms with E-state index in [1.54, 1.807) is 25.3 Å². The number of carbonyl (C=O) groups is 1. The molecule has 1 amide bonds. The van der Waals surface area contributed by atoms with E-state index in [9.17, 15) is 4.79 Å². The minimum atomic E-state index is -0.319. The molecule has 0 spiro atoms. The van der Waals surface area contributed by atoms with Crippen molar-refractivity contribution in [3.8, 4) is 5.75 Å². The number of methoxy groups -OCH3 is 1. The summed E-state index contributed by atoms with van der Waals surface area (Å²) in [4.78, 5) is 11.3. The maximum Gasteiger partial charge on any atom is 0.294 e. The van der Waals surface area contributed by atoms with Gasteiger partial charge in [0.15, 0.2) is 5.76 Å². The second-order valence-corrected chi connectivity index (χ2v) is 3.50. The summed E-state index contributed by atoms with van der Waals surface area (Å²) in [7, 11) is 1.60. The molecule has 0 bridgehead atoms. The third-order valence-corrected chi connectivity index (χ3v) is 2.24. The molecule has 4 nitrogen and oxygen atoms in total. The molecule has 2 rings (SSSR count). The minimum Gasteiger partial charge on any atom is -0.497 e. The zero-order valence-electron chi connectivity index (χ0n) is 8.52. The summed E-state index contributed by atoms with van der Waals surface area (Å²) in [5, 5.41) is 2.47. The fraction of sp³-hybridized carbons (Fsp3) is 0.0909. The van der Waals surface area contributed by atoms with Crippen molar-refractivity contribution in [1.29, 1.82) is 0 Å². The van der Waals surface area contributed by atoms with E-state index < -0.39 is 0 Å². The van der Waals surface area contributed by atoms with Crippen LogP contribution in [0.2, 0.25) is 0 Å². The van der Waals surface area contributed by atoms with Gasteiger partial charge in [-0.3, -0.25) is 10.1 Å². The summed E-state index contributed by atoms with van der Waals surface area (Å²) in [6.07, 6.45) is 1.62. The molecule has 1 aliphatic rings. The molecule has 1 aliphatic heterocycles. The average molecular weight is 235 g/mol. The van der Waals surface area contributed by atoms with E-state index in [1.807, 2.05) is 12.1 Å². The average Bonchev–Trinajstić information content (AvgIpc) is 2.59. The topological polar surface area (TPSA) is 47.6 Å². The Morgan fingerprint density at radius 1 is 1.38 bits per heavy atom. The molecular formula is C11H9NO3S. The van der Waals surface area contributed by atoms with Crippen molar-refractivity contribution in [1.82, 2.24) is 5.32 Å². The smallest absolute Gasteiger partial charge is 0.294 e.